The number of hydrogen-bond acceptors (Lipinski definition) is 5. The van der Waals surface area contributed by atoms with Gasteiger partial charge in [0.25, 0.3) is 17.7 Å². The number of aromatic nitrogens is 1. The van der Waals surface area contributed by atoms with E-state index in [0.29, 0.717) is 23.5 Å². The van der Waals surface area contributed by atoms with Gasteiger partial charge in [0, 0.05) is 18.0 Å². The first-order chi connectivity index (χ1) is 12.1. The number of hydrogen-bond donors (Lipinski definition) is 3. The molecule has 130 valence electrons. The van der Waals surface area contributed by atoms with Crippen molar-refractivity contribution in [3.8, 4) is 5.75 Å². The maximum absolute atomic E-state index is 12.1. The first kappa shape index (κ1) is 17.9. The van der Waals surface area contributed by atoms with E-state index in [0.717, 1.165) is 0 Å². The molecule has 0 saturated heterocycles. The van der Waals surface area contributed by atoms with Crippen LogP contribution in [-0.2, 0) is 4.79 Å². The molecule has 2 rings (SSSR count). The summed E-state index contributed by atoms with van der Waals surface area (Å²) in [5, 5.41) is 2.47. The molecule has 2 aromatic rings. The SMILES string of the molecule is CCOc1ccccc1C(=O)NCC(=O)NNC(=O)c1ccncc1. The molecular formula is C17H18N4O4. The van der Waals surface area contributed by atoms with Gasteiger partial charge in [0.15, 0.2) is 0 Å². The second-order valence-electron chi connectivity index (χ2n) is 4.85. The van der Waals surface area contributed by atoms with Gasteiger partial charge in [-0.25, -0.2) is 0 Å². The van der Waals surface area contributed by atoms with Gasteiger partial charge >= 0.3 is 0 Å². The lowest BCUT2D eigenvalue weighted by molar-refractivity contribution is -0.120. The van der Waals surface area contributed by atoms with Gasteiger partial charge in [-0.05, 0) is 31.2 Å². The maximum Gasteiger partial charge on any atom is 0.269 e. The van der Waals surface area contributed by atoms with Gasteiger partial charge in [-0.2, -0.15) is 0 Å². The number of nitrogens with zero attached hydrogens (tertiary/aromatic N) is 1. The lowest BCUT2D eigenvalue weighted by Crippen LogP contribution is -2.46. The highest BCUT2D eigenvalue weighted by molar-refractivity contribution is 5.99. The van der Waals surface area contributed by atoms with Crippen LogP contribution < -0.4 is 20.9 Å². The van der Waals surface area contributed by atoms with Gasteiger partial charge < -0.3 is 10.1 Å². The van der Waals surface area contributed by atoms with Crippen LogP contribution in [0.25, 0.3) is 0 Å². The third-order valence-electron chi connectivity index (χ3n) is 3.10. The zero-order chi connectivity index (χ0) is 18.1. The van der Waals surface area contributed by atoms with E-state index in [-0.39, 0.29) is 6.54 Å². The number of nitrogens with one attached hydrogen (secondary N) is 3. The molecule has 25 heavy (non-hydrogen) atoms. The minimum Gasteiger partial charge on any atom is -0.493 e. The second kappa shape index (κ2) is 9.02. The monoisotopic (exact) mass is 342 g/mol. The topological polar surface area (TPSA) is 109 Å². The van der Waals surface area contributed by atoms with Crippen LogP contribution in [-0.4, -0.2) is 35.9 Å². The third-order valence-corrected chi connectivity index (χ3v) is 3.10. The van der Waals surface area contributed by atoms with E-state index in [4.69, 9.17) is 4.74 Å². The summed E-state index contributed by atoms with van der Waals surface area (Å²) in [6.07, 6.45) is 2.93. The molecule has 8 nitrogen and oxygen atoms in total. The smallest absolute Gasteiger partial charge is 0.269 e. The molecular weight excluding hydrogens is 324 g/mol. The Bertz CT molecular complexity index is 749. The molecule has 1 heterocycles. The van der Waals surface area contributed by atoms with Crippen LogP contribution in [0.15, 0.2) is 48.8 Å². The lowest BCUT2D eigenvalue weighted by atomic mass is 10.2. The average molecular weight is 342 g/mol. The molecule has 0 spiro atoms. The number of rotatable bonds is 6. The summed E-state index contributed by atoms with van der Waals surface area (Å²) in [7, 11) is 0. The lowest BCUT2D eigenvalue weighted by Gasteiger charge is -2.11. The van der Waals surface area contributed by atoms with Gasteiger partial charge in [0.05, 0.1) is 18.7 Å². The van der Waals surface area contributed by atoms with Crippen LogP contribution in [0.2, 0.25) is 0 Å². The van der Waals surface area contributed by atoms with Crippen molar-refractivity contribution in [3.63, 3.8) is 0 Å². The van der Waals surface area contributed by atoms with Crippen LogP contribution in [0.1, 0.15) is 27.6 Å². The highest BCUT2D eigenvalue weighted by Gasteiger charge is 2.13. The van der Waals surface area contributed by atoms with E-state index in [1.807, 2.05) is 6.92 Å². The summed E-state index contributed by atoms with van der Waals surface area (Å²) < 4.78 is 5.37. The van der Waals surface area contributed by atoms with Crippen molar-refractivity contribution in [2.45, 2.75) is 6.92 Å². The fraction of sp³-hybridized carbons (Fsp3) is 0.176. The molecule has 3 amide bonds. The number of carbonyl (C=O) groups is 3. The molecule has 0 saturated carbocycles. The maximum atomic E-state index is 12.1. The molecule has 1 aromatic carbocycles. The van der Waals surface area contributed by atoms with Crippen molar-refractivity contribution in [3.05, 3.63) is 59.9 Å². The summed E-state index contributed by atoms with van der Waals surface area (Å²) in [5.74, 6) is -1.05. The minimum absolute atomic E-state index is 0.296. The van der Waals surface area contributed by atoms with E-state index < -0.39 is 17.7 Å². The van der Waals surface area contributed by atoms with E-state index in [2.05, 4.69) is 21.2 Å². The summed E-state index contributed by atoms with van der Waals surface area (Å²) in [6.45, 7) is 1.94. The Labute approximate surface area is 144 Å². The second-order valence-corrected chi connectivity index (χ2v) is 4.85. The van der Waals surface area contributed by atoms with Crippen molar-refractivity contribution in [2.75, 3.05) is 13.2 Å². The summed E-state index contributed by atoms with van der Waals surface area (Å²) in [6, 6.07) is 9.74. The van der Waals surface area contributed by atoms with Crippen molar-refractivity contribution in [1.29, 1.82) is 0 Å². The molecule has 1 aromatic heterocycles. The van der Waals surface area contributed by atoms with Crippen LogP contribution >= 0.6 is 0 Å². The Morgan fingerprint density at radius 2 is 1.72 bits per heavy atom. The highest BCUT2D eigenvalue weighted by atomic mass is 16.5. The van der Waals surface area contributed by atoms with Gasteiger partial charge in [-0.1, -0.05) is 12.1 Å². The predicted molar refractivity (Wildman–Crippen MR) is 89.8 cm³/mol. The predicted octanol–water partition coefficient (Wildman–Crippen LogP) is 0.671. The molecule has 0 aliphatic carbocycles. The molecule has 0 radical (unpaired) electrons. The number of carbonyl (C=O) groups excluding carboxylic acids is 3. The Morgan fingerprint density at radius 1 is 1.00 bits per heavy atom. The first-order valence-corrected chi connectivity index (χ1v) is 7.61. The largest absolute Gasteiger partial charge is 0.493 e. The van der Waals surface area contributed by atoms with E-state index in [1.165, 1.54) is 24.5 Å². The zero-order valence-corrected chi connectivity index (χ0v) is 13.6. The molecule has 0 fully saturated rings. The van der Waals surface area contributed by atoms with E-state index >= 15 is 0 Å². The summed E-state index contributed by atoms with van der Waals surface area (Å²) in [5.41, 5.74) is 5.16. The normalized spacial score (nSPS) is 9.80. The standard InChI is InChI=1S/C17H18N4O4/c1-2-25-14-6-4-3-5-13(14)17(24)19-11-15(22)20-21-16(23)12-7-9-18-10-8-12/h3-10H,2,11H2,1H3,(H,19,24)(H,20,22)(H,21,23). The number of ether oxygens (including phenoxy) is 1. The van der Waals surface area contributed by atoms with Crippen molar-refractivity contribution < 1.29 is 19.1 Å². The third kappa shape index (κ3) is 5.31. The van der Waals surface area contributed by atoms with Gasteiger partial charge in [0.1, 0.15) is 5.75 Å². The quantitative estimate of drug-likeness (QED) is 0.669. The Hall–Kier alpha value is -3.42. The van der Waals surface area contributed by atoms with Gasteiger partial charge in [-0.15, -0.1) is 0 Å². The Morgan fingerprint density at radius 3 is 2.44 bits per heavy atom. The molecule has 3 N–H and O–H groups in total. The number of hydrazine groups is 1. The van der Waals surface area contributed by atoms with Gasteiger partial charge in [-0.3, -0.25) is 30.2 Å². The van der Waals surface area contributed by atoms with Crippen LogP contribution in [0.5, 0.6) is 5.75 Å². The van der Waals surface area contributed by atoms with Crippen LogP contribution in [0.3, 0.4) is 0 Å². The number of pyridine rings is 1. The molecule has 0 unspecified atom stereocenters. The average Bonchev–Trinajstić information content (AvgIpc) is 2.65. The van der Waals surface area contributed by atoms with Gasteiger partial charge in [0.2, 0.25) is 0 Å². The van der Waals surface area contributed by atoms with E-state index in [1.54, 1.807) is 24.3 Å². The number of para-hydroxylation sites is 1. The number of amides is 3. The van der Waals surface area contributed by atoms with Crippen LogP contribution in [0.4, 0.5) is 0 Å². The zero-order valence-electron chi connectivity index (χ0n) is 13.6. The Kier molecular flexibility index (Phi) is 6.47. The Balaban J connectivity index is 1.82. The fourth-order valence-corrected chi connectivity index (χ4v) is 1.94. The van der Waals surface area contributed by atoms with Crippen molar-refractivity contribution in [1.82, 2.24) is 21.2 Å². The highest BCUT2D eigenvalue weighted by Crippen LogP contribution is 2.17. The fourth-order valence-electron chi connectivity index (χ4n) is 1.94. The molecule has 0 aliphatic rings. The van der Waals surface area contributed by atoms with Crippen molar-refractivity contribution in [2.24, 2.45) is 0 Å². The summed E-state index contributed by atoms with van der Waals surface area (Å²) in [4.78, 5) is 39.4. The van der Waals surface area contributed by atoms with Crippen molar-refractivity contribution >= 4 is 17.7 Å². The number of benzene rings is 1. The molecule has 0 aliphatic heterocycles. The molecule has 0 bridgehead atoms. The molecule has 0 atom stereocenters. The molecule has 8 heteroatoms. The summed E-state index contributed by atoms with van der Waals surface area (Å²) >= 11 is 0. The van der Waals surface area contributed by atoms with E-state index in [9.17, 15) is 14.4 Å². The minimum atomic E-state index is -0.565. The first-order valence-electron chi connectivity index (χ1n) is 7.61. The van der Waals surface area contributed by atoms with Crippen LogP contribution in [0, 0.1) is 0 Å².